The highest BCUT2D eigenvalue weighted by atomic mass is 14.4. The van der Waals surface area contributed by atoms with Gasteiger partial charge in [0, 0.05) is 0 Å². The number of hydrogen-bond acceptors (Lipinski definition) is 0. The normalized spacial score (nSPS) is 14.2. The minimum Gasteiger partial charge on any atom is -0.0651 e. The van der Waals surface area contributed by atoms with Crippen molar-refractivity contribution in [3.8, 4) is 0 Å². The van der Waals surface area contributed by atoms with Crippen molar-refractivity contribution in [3.63, 3.8) is 0 Å². The van der Waals surface area contributed by atoms with E-state index in [1.165, 1.54) is 6.42 Å². The predicted molar refractivity (Wildman–Crippen MR) is 52.4 cm³/mol. The average molecular weight is 155 g/mol. The summed E-state index contributed by atoms with van der Waals surface area (Å²) in [5.41, 5.74) is 0.590. The Labute approximate surface area is 72.4 Å². The Bertz CT molecular complexity index is 95.0. The van der Waals surface area contributed by atoms with Crippen LogP contribution in [0, 0.1) is 23.7 Å². The fourth-order valence-corrected chi connectivity index (χ4v) is 2.34. The van der Waals surface area contributed by atoms with Crippen LogP contribution in [-0.4, -0.2) is 0 Å². The van der Waals surface area contributed by atoms with Gasteiger partial charge < -0.3 is 0 Å². The van der Waals surface area contributed by atoms with Crippen molar-refractivity contribution >= 4 is 0 Å². The molecular formula is C11H23. The Morgan fingerprint density at radius 3 is 1.45 bits per heavy atom. The number of rotatable bonds is 2. The smallest absolute Gasteiger partial charge is 0.0317 e. The summed E-state index contributed by atoms with van der Waals surface area (Å²) in [6.45, 7) is 17.8. The molecule has 0 saturated carbocycles. The first kappa shape index (κ1) is 11.0. The summed E-state index contributed by atoms with van der Waals surface area (Å²) in [5, 5.41) is 0. The molecule has 0 heterocycles. The fraction of sp³-hybridized carbons (Fsp3) is 0.909. The Morgan fingerprint density at radius 1 is 1.09 bits per heavy atom. The topological polar surface area (TPSA) is 0 Å². The summed E-state index contributed by atoms with van der Waals surface area (Å²) < 4.78 is 0. The van der Waals surface area contributed by atoms with E-state index in [-0.39, 0.29) is 5.41 Å². The highest BCUT2D eigenvalue weighted by molar-refractivity contribution is 4.87. The van der Waals surface area contributed by atoms with E-state index in [2.05, 4.69) is 48.5 Å². The standard InChI is InChI=1S/C11H23/c1-8-9(10(2,3)4)11(5,6)7/h9H,2,8H2,1,3-7H3. The highest BCUT2D eigenvalue weighted by Crippen LogP contribution is 2.41. The Balaban J connectivity index is 4.43. The molecule has 0 aliphatic carbocycles. The third kappa shape index (κ3) is 3.27. The van der Waals surface area contributed by atoms with Gasteiger partial charge in [-0.15, -0.1) is 0 Å². The van der Waals surface area contributed by atoms with Crippen molar-refractivity contribution in [2.75, 3.05) is 0 Å². The third-order valence-electron chi connectivity index (χ3n) is 2.40. The Morgan fingerprint density at radius 2 is 1.45 bits per heavy atom. The average Bonchev–Trinajstić information content (AvgIpc) is 1.56. The van der Waals surface area contributed by atoms with Crippen molar-refractivity contribution in [2.24, 2.45) is 16.7 Å². The molecule has 0 saturated heterocycles. The van der Waals surface area contributed by atoms with E-state index in [0.29, 0.717) is 11.3 Å². The lowest BCUT2D eigenvalue weighted by atomic mass is 9.65. The van der Waals surface area contributed by atoms with Crippen LogP contribution < -0.4 is 0 Å². The Hall–Kier alpha value is 0. The molecule has 1 atom stereocenters. The van der Waals surface area contributed by atoms with Gasteiger partial charge in [0.1, 0.15) is 0 Å². The SMILES string of the molecule is [CH2]C(C)(C)C(CC)C(C)(C)C. The minimum atomic E-state index is 0.201. The first-order valence-corrected chi connectivity index (χ1v) is 4.55. The molecule has 0 aromatic carbocycles. The largest absolute Gasteiger partial charge is 0.0651 e. The second kappa shape index (κ2) is 3.16. The van der Waals surface area contributed by atoms with Gasteiger partial charge in [-0.2, -0.15) is 0 Å². The molecule has 0 aliphatic heterocycles. The molecule has 0 bridgehead atoms. The molecule has 67 valence electrons. The van der Waals surface area contributed by atoms with Crippen LogP contribution in [-0.2, 0) is 0 Å². The van der Waals surface area contributed by atoms with Crippen LogP contribution >= 0.6 is 0 Å². The van der Waals surface area contributed by atoms with Gasteiger partial charge in [0.2, 0.25) is 0 Å². The maximum absolute atomic E-state index is 4.21. The van der Waals surface area contributed by atoms with E-state index < -0.39 is 0 Å². The molecule has 0 aromatic heterocycles. The van der Waals surface area contributed by atoms with Gasteiger partial charge >= 0.3 is 0 Å². The predicted octanol–water partition coefficient (Wildman–Crippen LogP) is 3.92. The zero-order chi connectivity index (χ0) is 9.28. The Kier molecular flexibility index (Phi) is 3.16. The van der Waals surface area contributed by atoms with E-state index in [4.69, 9.17) is 0 Å². The van der Waals surface area contributed by atoms with Gasteiger partial charge in [-0.05, 0) is 23.7 Å². The highest BCUT2D eigenvalue weighted by Gasteiger charge is 2.32. The van der Waals surface area contributed by atoms with E-state index in [1.54, 1.807) is 0 Å². The van der Waals surface area contributed by atoms with Crippen LogP contribution in [0.3, 0.4) is 0 Å². The minimum absolute atomic E-state index is 0.201. The lowest BCUT2D eigenvalue weighted by molar-refractivity contribution is 0.118. The molecule has 1 unspecified atom stereocenters. The molecule has 0 spiro atoms. The molecule has 11 heavy (non-hydrogen) atoms. The lowest BCUT2D eigenvalue weighted by Crippen LogP contribution is -2.32. The molecule has 0 aliphatic rings. The van der Waals surface area contributed by atoms with E-state index in [9.17, 15) is 0 Å². The molecule has 0 aromatic rings. The molecular weight excluding hydrogens is 132 g/mol. The van der Waals surface area contributed by atoms with Crippen LogP contribution in [0.2, 0.25) is 0 Å². The van der Waals surface area contributed by atoms with Gasteiger partial charge in [0.05, 0.1) is 0 Å². The monoisotopic (exact) mass is 155 g/mol. The third-order valence-corrected chi connectivity index (χ3v) is 2.40. The zero-order valence-corrected chi connectivity index (χ0v) is 8.99. The molecule has 0 fully saturated rings. The quantitative estimate of drug-likeness (QED) is 0.567. The summed E-state index contributed by atoms with van der Waals surface area (Å²) in [4.78, 5) is 0. The van der Waals surface area contributed by atoms with Crippen molar-refractivity contribution in [3.05, 3.63) is 6.92 Å². The van der Waals surface area contributed by atoms with Gasteiger partial charge in [0.25, 0.3) is 0 Å². The van der Waals surface area contributed by atoms with Crippen molar-refractivity contribution in [1.29, 1.82) is 0 Å². The molecule has 0 nitrogen and oxygen atoms in total. The lowest BCUT2D eigenvalue weighted by Gasteiger charge is -2.40. The van der Waals surface area contributed by atoms with E-state index in [0.717, 1.165) is 0 Å². The van der Waals surface area contributed by atoms with Crippen LogP contribution in [0.5, 0.6) is 0 Å². The zero-order valence-electron chi connectivity index (χ0n) is 8.99. The van der Waals surface area contributed by atoms with Crippen LogP contribution in [0.1, 0.15) is 48.0 Å². The molecule has 0 N–H and O–H groups in total. The second-order valence-electron chi connectivity index (χ2n) is 5.32. The van der Waals surface area contributed by atoms with Crippen molar-refractivity contribution < 1.29 is 0 Å². The maximum atomic E-state index is 4.21. The summed E-state index contributed by atoms with van der Waals surface area (Å²) >= 11 is 0. The number of hydrogen-bond donors (Lipinski definition) is 0. The summed E-state index contributed by atoms with van der Waals surface area (Å²) in [5.74, 6) is 0.704. The molecule has 0 rings (SSSR count). The fourth-order valence-electron chi connectivity index (χ4n) is 2.34. The molecule has 1 radical (unpaired) electrons. The van der Waals surface area contributed by atoms with Crippen molar-refractivity contribution in [1.82, 2.24) is 0 Å². The first-order chi connectivity index (χ1) is 4.69. The van der Waals surface area contributed by atoms with Crippen LogP contribution in [0.4, 0.5) is 0 Å². The summed E-state index contributed by atoms with van der Waals surface area (Å²) in [6.07, 6.45) is 1.22. The van der Waals surface area contributed by atoms with Gasteiger partial charge in [0.15, 0.2) is 0 Å². The maximum Gasteiger partial charge on any atom is -0.0317 e. The van der Waals surface area contributed by atoms with Crippen LogP contribution in [0.25, 0.3) is 0 Å². The van der Waals surface area contributed by atoms with Gasteiger partial charge in [-0.1, -0.05) is 48.0 Å². The second-order valence-corrected chi connectivity index (χ2v) is 5.32. The molecule has 0 amide bonds. The van der Waals surface area contributed by atoms with E-state index in [1.807, 2.05) is 0 Å². The van der Waals surface area contributed by atoms with Crippen molar-refractivity contribution in [2.45, 2.75) is 48.0 Å². The summed E-state index contributed by atoms with van der Waals surface area (Å²) in [6, 6.07) is 0. The first-order valence-electron chi connectivity index (χ1n) is 4.55. The van der Waals surface area contributed by atoms with Crippen LogP contribution in [0.15, 0.2) is 0 Å². The van der Waals surface area contributed by atoms with Gasteiger partial charge in [-0.3, -0.25) is 0 Å². The van der Waals surface area contributed by atoms with E-state index >= 15 is 0 Å². The molecule has 0 heteroatoms. The summed E-state index contributed by atoms with van der Waals surface area (Å²) in [7, 11) is 0. The van der Waals surface area contributed by atoms with Gasteiger partial charge in [-0.25, -0.2) is 0 Å².